The maximum atomic E-state index is 14.3. The van der Waals surface area contributed by atoms with E-state index in [1.807, 2.05) is 5.32 Å². The van der Waals surface area contributed by atoms with Crippen molar-refractivity contribution < 1.29 is 145 Å². The summed E-state index contributed by atoms with van der Waals surface area (Å²) in [5.74, 6) is -18.8. The number of aliphatic hydroxyl groups excluding tert-OH is 16. The van der Waals surface area contributed by atoms with Crippen molar-refractivity contribution in [3.05, 3.63) is 52.1 Å². The van der Waals surface area contributed by atoms with Crippen LogP contribution in [0.4, 0.5) is 11.6 Å². The van der Waals surface area contributed by atoms with E-state index in [0.29, 0.717) is 5.69 Å². The van der Waals surface area contributed by atoms with Crippen molar-refractivity contribution in [3.63, 3.8) is 0 Å². The minimum atomic E-state index is -3.03. The number of carbonyl (C=O) groups excluding carboxylic acids is 7. The highest BCUT2D eigenvalue weighted by Crippen LogP contribution is 2.17. The molecule has 1 aromatic carbocycles. The summed E-state index contributed by atoms with van der Waals surface area (Å²) in [5, 5.41) is 210. The molecule has 44 heteroatoms. The van der Waals surface area contributed by atoms with Gasteiger partial charge >= 0.3 is 17.9 Å². The van der Waals surface area contributed by atoms with Crippen LogP contribution in [0.3, 0.4) is 0 Å². The Balaban J connectivity index is 1.97. The Kier molecular flexibility index (Phi) is 31.7. The van der Waals surface area contributed by atoms with Crippen LogP contribution in [0.15, 0.2) is 35.3 Å². The number of H-pyrrole nitrogens is 1. The number of rotatable bonds is 40. The van der Waals surface area contributed by atoms with Crippen molar-refractivity contribution in [1.82, 2.24) is 57.2 Å². The summed E-state index contributed by atoms with van der Waals surface area (Å²) in [4.78, 5) is 159. The fourth-order valence-corrected chi connectivity index (χ4v) is 8.44. The van der Waals surface area contributed by atoms with Gasteiger partial charge in [-0.05, 0) is 30.7 Å². The first-order valence-corrected chi connectivity index (χ1v) is 28.1. The van der Waals surface area contributed by atoms with Gasteiger partial charge in [0.05, 0.1) is 51.3 Å². The maximum absolute atomic E-state index is 14.3. The van der Waals surface area contributed by atoms with E-state index >= 15 is 0 Å². The van der Waals surface area contributed by atoms with E-state index in [4.69, 9.17) is 5.73 Å². The number of fused-ring (bicyclic) bond motifs is 1. The number of nitrogens with one attached hydrogen (secondary N) is 9. The minimum absolute atomic E-state index is 0.00412. The average Bonchev–Trinajstić information content (AvgIpc) is 0.864. The average molecular weight is 1370 g/mol. The van der Waals surface area contributed by atoms with Crippen LogP contribution in [0.2, 0.25) is 0 Å². The van der Waals surface area contributed by atoms with Gasteiger partial charge in [0.2, 0.25) is 41.4 Å². The van der Waals surface area contributed by atoms with Gasteiger partial charge < -0.3 is 145 Å². The number of anilines is 2. The molecule has 30 N–H and O–H groups in total. The number of nitrogens with two attached hydrogens (primary N) is 1. The Bertz CT molecular complexity index is 3160. The molecule has 3 rings (SSSR count). The zero-order valence-corrected chi connectivity index (χ0v) is 49.5. The Morgan fingerprint density at radius 1 is 0.511 bits per heavy atom. The monoisotopic (exact) mass is 1370 g/mol. The third kappa shape index (κ3) is 22.6. The van der Waals surface area contributed by atoms with E-state index in [2.05, 4.69) is 43.2 Å². The molecular weight excluding hydrogens is 1290 g/mol. The SMILES string of the molecule is Nc1nc2ncc(CNc3ccc(C(=O)N[C@@H](CCC(=O)N[C@H](C(=O)N[C@@H](CC(=O)O)C(=O)N[C@H](C(=O)N[C@H](C(=O)N[C@H](C(=O)N[C@@H](CS)C(=O)O)[C@@H](O)[C@H](O)[C@H](O)CO)[C@@H](O)[C@H](O)[C@H](O)CO)[C@@H](O)[C@H](O)[C@H](O)CO)[C@@H](O)[C@H](O)[C@H](O)CO)C(=O)O)cc3)nc2c(=O)[nH]1. The standard InChI is InChI=1S/C50H73N13O30S/c51-50-62-40-31(47(89)63-50)54-17(9-53-40)8-52-16-3-1-15(2-4-16)41(83)55-18(48(90)91)5-6-25(72)58-27(36(79)32(75)21(68)10-64)43(85)56-19(7-26(73)74)42(84)59-29(38(81)34(77)23(70)12-66)45(87)61-30(39(82)35(78)24(71)13-67)46(88)60-28(37(80)33(76)22(69)11-65)44(86)57-20(14-94)49(92)93/h1-4,9,18-24,27-30,32-39,52,64-71,75-82,94H,5-8,10-14H2,(H,55,83)(H,56,85)(H,57,86)(H,58,72)(H,59,84)(H,60,88)(H,61,87)(H,73,74)(H,90,91)(H,92,93)(H3,51,53,62,63,89)/t18-,19-,20-,21+,22+,23+,24+,27-,28-,29-,30-,32+,33+,34+,35+,36+,37+,38+,39+/m0/s1. The van der Waals surface area contributed by atoms with Crippen LogP contribution in [0, 0.1) is 0 Å². The number of carboxylic acids is 3. The number of carbonyl (C=O) groups is 10. The van der Waals surface area contributed by atoms with E-state index in [1.165, 1.54) is 30.5 Å². The number of hydrogen-bond donors (Lipinski definition) is 30. The van der Waals surface area contributed by atoms with E-state index in [1.54, 1.807) is 26.6 Å². The molecule has 0 bridgehead atoms. The zero-order chi connectivity index (χ0) is 71.2. The van der Waals surface area contributed by atoms with E-state index in [0.717, 1.165) is 0 Å². The number of benzene rings is 1. The molecule has 0 aliphatic rings. The van der Waals surface area contributed by atoms with Gasteiger partial charge in [0.25, 0.3) is 11.5 Å². The number of hydrogen-bond acceptors (Lipinski definition) is 33. The number of amides is 7. The number of aromatic nitrogens is 4. The molecule has 0 saturated carbocycles. The van der Waals surface area contributed by atoms with Crippen molar-refractivity contribution in [2.75, 3.05) is 43.2 Å². The molecule has 43 nitrogen and oxygen atoms in total. The zero-order valence-electron chi connectivity index (χ0n) is 48.6. The first kappa shape index (κ1) is 79.7. The predicted octanol–water partition coefficient (Wildman–Crippen LogP) is -15.4. The van der Waals surface area contributed by atoms with Crippen molar-refractivity contribution in [2.24, 2.45) is 0 Å². The normalized spacial score (nSPS) is 17.6. The molecule has 0 spiro atoms. The fraction of sp³-hybridized carbons (Fsp3) is 0.560. The lowest BCUT2D eigenvalue weighted by Gasteiger charge is -2.35. The first-order valence-electron chi connectivity index (χ1n) is 27.4. The second-order valence-corrected chi connectivity index (χ2v) is 20.9. The molecule has 0 fully saturated rings. The van der Waals surface area contributed by atoms with Crippen LogP contribution in [0.25, 0.3) is 11.2 Å². The lowest BCUT2D eigenvalue weighted by Crippen LogP contribution is -2.68. The summed E-state index contributed by atoms with van der Waals surface area (Å²) in [6, 6.07) is -12.8. The van der Waals surface area contributed by atoms with Crippen molar-refractivity contribution >= 4 is 94.7 Å². The van der Waals surface area contributed by atoms with Crippen molar-refractivity contribution in [1.29, 1.82) is 0 Å². The van der Waals surface area contributed by atoms with Gasteiger partial charge in [0.1, 0.15) is 116 Å². The van der Waals surface area contributed by atoms with Gasteiger partial charge in [0, 0.05) is 23.4 Å². The van der Waals surface area contributed by atoms with E-state index < -0.39 is 232 Å². The molecule has 0 aliphatic carbocycles. The largest absolute Gasteiger partial charge is 0.481 e. The molecule has 524 valence electrons. The highest BCUT2D eigenvalue weighted by molar-refractivity contribution is 7.80. The molecule has 7 amide bonds. The van der Waals surface area contributed by atoms with Crippen LogP contribution >= 0.6 is 12.6 Å². The molecule has 0 unspecified atom stereocenters. The third-order valence-corrected chi connectivity index (χ3v) is 14.0. The van der Waals surface area contributed by atoms with Crippen LogP contribution in [-0.2, 0) is 49.7 Å². The summed E-state index contributed by atoms with van der Waals surface area (Å²) in [7, 11) is 0. The Morgan fingerprint density at radius 3 is 1.32 bits per heavy atom. The summed E-state index contributed by atoms with van der Waals surface area (Å²) in [5.41, 5.74) is 5.30. The molecule has 0 radical (unpaired) electrons. The van der Waals surface area contributed by atoms with Crippen LogP contribution in [0.1, 0.15) is 35.3 Å². The van der Waals surface area contributed by atoms with Gasteiger partial charge in [-0.1, -0.05) is 0 Å². The van der Waals surface area contributed by atoms with Crippen LogP contribution < -0.4 is 53.8 Å². The summed E-state index contributed by atoms with van der Waals surface area (Å²) < 4.78 is 0. The van der Waals surface area contributed by atoms with Crippen LogP contribution in [0.5, 0.6) is 0 Å². The smallest absolute Gasteiger partial charge is 0.327 e. The quantitative estimate of drug-likeness (QED) is 0.0235. The molecule has 3 aromatic rings. The highest BCUT2D eigenvalue weighted by atomic mass is 32.1. The molecule has 0 aliphatic heterocycles. The van der Waals surface area contributed by atoms with E-state index in [9.17, 15) is 150 Å². The number of aliphatic hydroxyl groups is 16. The molecule has 2 aromatic heterocycles. The van der Waals surface area contributed by atoms with E-state index in [-0.39, 0.29) is 34.9 Å². The first-order chi connectivity index (χ1) is 44.1. The van der Waals surface area contributed by atoms with Gasteiger partial charge in [0.15, 0.2) is 11.2 Å². The lowest BCUT2D eigenvalue weighted by molar-refractivity contribution is -0.149. The molecular formula is C50H73N13O30S. The van der Waals surface area contributed by atoms with Gasteiger partial charge in [-0.3, -0.25) is 48.1 Å². The number of carboxylic acid groups (broad SMARTS) is 3. The predicted molar refractivity (Wildman–Crippen MR) is 310 cm³/mol. The molecule has 94 heavy (non-hydrogen) atoms. The summed E-state index contributed by atoms with van der Waals surface area (Å²) in [6.45, 7) is -5.62. The second kappa shape index (κ2) is 37.4. The Morgan fingerprint density at radius 2 is 0.915 bits per heavy atom. The molecule has 2 heterocycles. The van der Waals surface area contributed by atoms with Crippen molar-refractivity contribution in [3.8, 4) is 0 Å². The number of nitrogen functional groups attached to an aromatic ring is 1. The number of aromatic amines is 1. The fourth-order valence-electron chi connectivity index (χ4n) is 8.20. The van der Waals surface area contributed by atoms with Crippen LogP contribution in [-0.4, -0.2) is 324 Å². The summed E-state index contributed by atoms with van der Waals surface area (Å²) >= 11 is 3.74. The second-order valence-electron chi connectivity index (χ2n) is 20.5. The molecule has 19 atom stereocenters. The summed E-state index contributed by atoms with van der Waals surface area (Å²) in [6.07, 6.45) is -34.3. The number of nitrogens with zero attached hydrogens (tertiary/aromatic N) is 3. The highest BCUT2D eigenvalue weighted by Gasteiger charge is 2.46. The van der Waals surface area contributed by atoms with Gasteiger partial charge in [-0.15, -0.1) is 0 Å². The number of thiol groups is 1. The minimum Gasteiger partial charge on any atom is -0.481 e. The lowest BCUT2D eigenvalue weighted by atomic mass is 9.96. The molecule has 0 saturated heterocycles. The Hall–Kier alpha value is -8.55. The number of aliphatic carboxylic acids is 3. The topological polar surface area (TPSA) is 749 Å². The van der Waals surface area contributed by atoms with Gasteiger partial charge in [-0.25, -0.2) is 19.6 Å². The van der Waals surface area contributed by atoms with Crippen molar-refractivity contribution in [2.45, 2.75) is 141 Å². The maximum Gasteiger partial charge on any atom is 0.327 e. The van der Waals surface area contributed by atoms with Gasteiger partial charge in [-0.2, -0.15) is 17.6 Å². The Labute approximate surface area is 532 Å². The third-order valence-electron chi connectivity index (χ3n) is 13.6.